The number of nitrogens with zero attached hydrogens (tertiary/aromatic N) is 2. The van der Waals surface area contributed by atoms with Crippen LogP contribution in [0.5, 0.6) is 11.5 Å². The Kier molecular flexibility index (Phi) is 8.12. The second kappa shape index (κ2) is 11.5. The van der Waals surface area contributed by atoms with Crippen LogP contribution < -0.4 is 19.7 Å². The zero-order valence-corrected chi connectivity index (χ0v) is 21.3. The first-order valence-corrected chi connectivity index (χ1v) is 13.4. The number of piperazine rings is 1. The second-order valence-electron chi connectivity index (χ2n) is 8.40. The van der Waals surface area contributed by atoms with E-state index in [9.17, 15) is 13.2 Å². The maximum absolute atomic E-state index is 13.2. The Morgan fingerprint density at radius 3 is 2.19 bits per heavy atom. The molecule has 190 valence electrons. The van der Waals surface area contributed by atoms with Gasteiger partial charge in [0.1, 0.15) is 11.5 Å². The number of benzene rings is 3. The Morgan fingerprint density at radius 2 is 1.56 bits per heavy atom. The molecular weight excluding hydrogens is 478 g/mol. The molecule has 1 atom stereocenters. The van der Waals surface area contributed by atoms with Gasteiger partial charge in [0.25, 0.3) is 5.91 Å². The van der Waals surface area contributed by atoms with E-state index in [1.807, 2.05) is 49.4 Å². The molecule has 1 amide bonds. The van der Waals surface area contributed by atoms with E-state index in [0.29, 0.717) is 44.0 Å². The van der Waals surface area contributed by atoms with Crippen LogP contribution in [0.3, 0.4) is 0 Å². The summed E-state index contributed by atoms with van der Waals surface area (Å²) in [7, 11) is -2.02. The molecule has 0 radical (unpaired) electrons. The summed E-state index contributed by atoms with van der Waals surface area (Å²) in [4.78, 5) is 15.0. The Balaban J connectivity index is 1.37. The third kappa shape index (κ3) is 5.80. The van der Waals surface area contributed by atoms with Gasteiger partial charge in [-0.05, 0) is 55.0 Å². The minimum Gasteiger partial charge on any atom is -0.495 e. The number of para-hydroxylation sites is 3. The summed E-state index contributed by atoms with van der Waals surface area (Å²) >= 11 is 0. The van der Waals surface area contributed by atoms with Crippen molar-refractivity contribution in [3.8, 4) is 11.5 Å². The number of ether oxygens (including phenoxy) is 2. The number of hydrogen-bond acceptors (Lipinski definition) is 6. The lowest BCUT2D eigenvalue weighted by Crippen LogP contribution is -2.48. The van der Waals surface area contributed by atoms with Gasteiger partial charge in [-0.3, -0.25) is 4.79 Å². The fourth-order valence-corrected chi connectivity index (χ4v) is 5.55. The molecule has 0 saturated carbocycles. The van der Waals surface area contributed by atoms with Crippen LogP contribution in [-0.4, -0.2) is 58.0 Å². The molecule has 1 saturated heterocycles. The molecule has 0 bridgehead atoms. The molecule has 1 heterocycles. The lowest BCUT2D eigenvalue weighted by Gasteiger charge is -2.35. The molecule has 1 aliphatic rings. The minimum absolute atomic E-state index is 0.193. The number of methoxy groups -OCH3 is 1. The van der Waals surface area contributed by atoms with Gasteiger partial charge in [-0.25, -0.2) is 8.42 Å². The first-order valence-electron chi connectivity index (χ1n) is 11.9. The molecule has 9 heteroatoms. The normalized spacial score (nSPS) is 15.2. The van der Waals surface area contributed by atoms with Crippen LogP contribution in [0.2, 0.25) is 0 Å². The molecule has 3 aromatic carbocycles. The third-order valence-electron chi connectivity index (χ3n) is 6.11. The summed E-state index contributed by atoms with van der Waals surface area (Å²) in [5.74, 6) is 1.10. The van der Waals surface area contributed by atoms with E-state index in [1.54, 1.807) is 31.4 Å². The molecule has 36 heavy (non-hydrogen) atoms. The van der Waals surface area contributed by atoms with E-state index in [0.717, 1.165) is 11.4 Å². The van der Waals surface area contributed by atoms with Crippen molar-refractivity contribution in [3.05, 3.63) is 78.9 Å². The predicted octanol–water partition coefficient (Wildman–Crippen LogP) is 4.00. The van der Waals surface area contributed by atoms with E-state index in [4.69, 9.17) is 9.47 Å². The molecule has 4 rings (SSSR count). The first kappa shape index (κ1) is 25.5. The van der Waals surface area contributed by atoms with Gasteiger partial charge in [-0.1, -0.05) is 37.3 Å². The number of nitrogens with one attached hydrogen (secondary N) is 1. The molecule has 0 spiro atoms. The van der Waals surface area contributed by atoms with Crippen LogP contribution in [-0.2, 0) is 14.8 Å². The highest BCUT2D eigenvalue weighted by Gasteiger charge is 2.29. The molecule has 0 aromatic heterocycles. The molecule has 3 aromatic rings. The van der Waals surface area contributed by atoms with Crippen LogP contribution in [0.15, 0.2) is 83.8 Å². The van der Waals surface area contributed by atoms with Gasteiger partial charge >= 0.3 is 0 Å². The number of sulfonamides is 1. The van der Waals surface area contributed by atoms with Crippen molar-refractivity contribution < 1.29 is 22.7 Å². The maximum atomic E-state index is 13.2. The molecule has 0 aliphatic carbocycles. The fraction of sp³-hybridized carbons (Fsp3) is 0.296. The van der Waals surface area contributed by atoms with E-state index in [1.165, 1.54) is 16.4 Å². The highest BCUT2D eigenvalue weighted by Crippen LogP contribution is 2.29. The number of carbonyl (C=O) groups is 1. The van der Waals surface area contributed by atoms with Crippen LogP contribution in [0, 0.1) is 0 Å². The molecule has 1 N–H and O–H groups in total. The van der Waals surface area contributed by atoms with Gasteiger partial charge < -0.3 is 19.7 Å². The zero-order chi connectivity index (χ0) is 25.5. The molecule has 8 nitrogen and oxygen atoms in total. The van der Waals surface area contributed by atoms with Crippen molar-refractivity contribution in [1.29, 1.82) is 0 Å². The largest absolute Gasteiger partial charge is 0.495 e. The van der Waals surface area contributed by atoms with E-state index in [2.05, 4.69) is 10.2 Å². The van der Waals surface area contributed by atoms with Gasteiger partial charge in [0.15, 0.2) is 6.10 Å². The quantitative estimate of drug-likeness (QED) is 0.469. The topological polar surface area (TPSA) is 88.2 Å². The van der Waals surface area contributed by atoms with Crippen molar-refractivity contribution in [2.45, 2.75) is 24.3 Å². The lowest BCUT2D eigenvalue weighted by molar-refractivity contribution is -0.122. The van der Waals surface area contributed by atoms with Crippen molar-refractivity contribution in [2.24, 2.45) is 0 Å². The fourth-order valence-electron chi connectivity index (χ4n) is 4.13. The maximum Gasteiger partial charge on any atom is 0.265 e. The molecule has 1 unspecified atom stereocenters. The molecule has 1 fully saturated rings. The average molecular weight is 510 g/mol. The Bertz CT molecular complexity index is 1260. The summed E-state index contributed by atoms with van der Waals surface area (Å²) in [5.41, 5.74) is 1.47. The standard InChI is InChI=1S/C27H31N3O5S/c1-3-25(35-22-9-5-4-6-10-22)27(31)28-21-13-15-23(16-14-21)36(32,33)30-19-17-29(18-20-30)24-11-7-8-12-26(24)34-2/h4-16,25H,3,17-20H2,1-2H3,(H,28,31). The van der Waals surface area contributed by atoms with E-state index in [-0.39, 0.29) is 10.8 Å². The van der Waals surface area contributed by atoms with Gasteiger partial charge in [-0.2, -0.15) is 4.31 Å². The van der Waals surface area contributed by atoms with E-state index < -0.39 is 16.1 Å². The van der Waals surface area contributed by atoms with Crippen molar-refractivity contribution in [3.63, 3.8) is 0 Å². The average Bonchev–Trinajstić information content (AvgIpc) is 2.92. The van der Waals surface area contributed by atoms with Crippen LogP contribution >= 0.6 is 0 Å². The summed E-state index contributed by atoms with van der Waals surface area (Å²) < 4.78 is 39.2. The summed E-state index contributed by atoms with van der Waals surface area (Å²) in [5, 5.41) is 2.82. The highest BCUT2D eigenvalue weighted by atomic mass is 32.2. The molecule has 1 aliphatic heterocycles. The smallest absolute Gasteiger partial charge is 0.265 e. The van der Waals surface area contributed by atoms with Crippen LogP contribution in [0.1, 0.15) is 13.3 Å². The van der Waals surface area contributed by atoms with Crippen LogP contribution in [0.4, 0.5) is 11.4 Å². The van der Waals surface area contributed by atoms with Crippen molar-refractivity contribution in [1.82, 2.24) is 4.31 Å². The van der Waals surface area contributed by atoms with Crippen molar-refractivity contribution >= 4 is 27.3 Å². The summed E-state index contributed by atoms with van der Waals surface area (Å²) in [6, 6.07) is 23.1. The Morgan fingerprint density at radius 1 is 0.917 bits per heavy atom. The Labute approximate surface area is 212 Å². The Hall–Kier alpha value is -3.56. The van der Waals surface area contributed by atoms with E-state index >= 15 is 0 Å². The predicted molar refractivity (Wildman–Crippen MR) is 140 cm³/mol. The monoisotopic (exact) mass is 509 g/mol. The van der Waals surface area contributed by atoms with Gasteiger partial charge in [-0.15, -0.1) is 0 Å². The van der Waals surface area contributed by atoms with Crippen molar-refractivity contribution in [2.75, 3.05) is 43.5 Å². The van der Waals surface area contributed by atoms with Gasteiger partial charge in [0.2, 0.25) is 10.0 Å². The molecular formula is C27H31N3O5S. The third-order valence-corrected chi connectivity index (χ3v) is 8.02. The lowest BCUT2D eigenvalue weighted by atomic mass is 10.2. The number of hydrogen-bond donors (Lipinski definition) is 1. The number of carbonyl (C=O) groups excluding carboxylic acids is 1. The number of anilines is 2. The first-order chi connectivity index (χ1) is 17.4. The van der Waals surface area contributed by atoms with Gasteiger partial charge in [0.05, 0.1) is 17.7 Å². The SMILES string of the molecule is CCC(Oc1ccccc1)C(=O)Nc1ccc(S(=O)(=O)N2CCN(c3ccccc3OC)CC2)cc1. The number of amides is 1. The highest BCUT2D eigenvalue weighted by molar-refractivity contribution is 7.89. The van der Waals surface area contributed by atoms with Crippen LogP contribution in [0.25, 0.3) is 0 Å². The zero-order valence-electron chi connectivity index (χ0n) is 20.5. The summed E-state index contributed by atoms with van der Waals surface area (Å²) in [6.45, 7) is 3.74. The summed E-state index contributed by atoms with van der Waals surface area (Å²) in [6.07, 6.45) is -0.163. The number of rotatable bonds is 9. The minimum atomic E-state index is -3.65. The van der Waals surface area contributed by atoms with Gasteiger partial charge in [0, 0.05) is 31.9 Å². The second-order valence-corrected chi connectivity index (χ2v) is 10.3.